The Morgan fingerprint density at radius 1 is 1.00 bits per heavy atom. The fourth-order valence-corrected chi connectivity index (χ4v) is 3.91. The molecule has 0 atom stereocenters. The number of aliphatic hydroxyl groups is 1. The van der Waals surface area contributed by atoms with Crippen molar-refractivity contribution in [2.75, 3.05) is 5.32 Å². The Hall–Kier alpha value is -3.52. The molecule has 1 aliphatic rings. The Bertz CT molecular complexity index is 1160. The largest absolute Gasteiger partial charge is 0.487 e. The van der Waals surface area contributed by atoms with Crippen molar-refractivity contribution < 1.29 is 9.84 Å². The van der Waals surface area contributed by atoms with Crippen molar-refractivity contribution in [1.29, 1.82) is 0 Å². The molecule has 0 unspecified atom stereocenters. The van der Waals surface area contributed by atoms with Gasteiger partial charge in [-0.3, -0.25) is 4.98 Å². The van der Waals surface area contributed by atoms with E-state index in [1.807, 2.05) is 42.5 Å². The number of aromatic nitrogens is 5. The average Bonchev–Trinajstić information content (AvgIpc) is 3.25. The monoisotopic (exact) mass is 416 g/mol. The first-order valence-electron chi connectivity index (χ1n) is 10.5. The van der Waals surface area contributed by atoms with E-state index in [0.717, 1.165) is 48.0 Å². The smallest absolute Gasteiger partial charge is 0.224 e. The molecule has 5 rings (SSSR count). The van der Waals surface area contributed by atoms with Crippen molar-refractivity contribution in [3.63, 3.8) is 0 Å². The van der Waals surface area contributed by atoms with Gasteiger partial charge in [0.05, 0.1) is 28.9 Å². The Morgan fingerprint density at radius 2 is 1.90 bits per heavy atom. The molecule has 0 amide bonds. The molecular formula is C23H24N6O2. The van der Waals surface area contributed by atoms with Crippen LogP contribution in [0, 0.1) is 0 Å². The van der Waals surface area contributed by atoms with Crippen LogP contribution in [0.5, 0.6) is 5.75 Å². The topological polar surface area (TPSA) is 98.0 Å². The zero-order valence-corrected chi connectivity index (χ0v) is 17.1. The number of rotatable bonds is 6. The number of pyridine rings is 1. The Morgan fingerprint density at radius 3 is 2.74 bits per heavy atom. The van der Waals surface area contributed by atoms with Crippen molar-refractivity contribution >= 4 is 16.9 Å². The molecule has 1 aromatic carbocycles. The highest BCUT2D eigenvalue weighted by Gasteiger charge is 2.20. The maximum absolute atomic E-state index is 9.70. The summed E-state index contributed by atoms with van der Waals surface area (Å²) < 4.78 is 7.80. The van der Waals surface area contributed by atoms with Crippen LogP contribution >= 0.6 is 0 Å². The molecule has 0 spiro atoms. The first-order chi connectivity index (χ1) is 15.3. The van der Waals surface area contributed by atoms with E-state index in [2.05, 4.69) is 25.4 Å². The van der Waals surface area contributed by atoms with E-state index in [0.29, 0.717) is 18.4 Å². The maximum Gasteiger partial charge on any atom is 0.224 e. The molecule has 8 heteroatoms. The highest BCUT2D eigenvalue weighted by molar-refractivity contribution is 5.86. The van der Waals surface area contributed by atoms with E-state index in [9.17, 15) is 5.11 Å². The molecule has 2 N–H and O–H groups in total. The molecular weight excluding hydrogens is 392 g/mol. The van der Waals surface area contributed by atoms with Gasteiger partial charge >= 0.3 is 0 Å². The maximum atomic E-state index is 9.70. The normalized spacial score (nSPS) is 18.7. The number of fused-ring (bicyclic) bond motifs is 1. The third-order valence-electron chi connectivity index (χ3n) is 5.56. The Labute approximate surface area is 179 Å². The minimum absolute atomic E-state index is 0.185. The lowest BCUT2D eigenvalue weighted by molar-refractivity contribution is 0.126. The van der Waals surface area contributed by atoms with Crippen LogP contribution in [-0.4, -0.2) is 42.0 Å². The highest BCUT2D eigenvalue weighted by atomic mass is 16.5. The van der Waals surface area contributed by atoms with Gasteiger partial charge in [-0.1, -0.05) is 12.1 Å². The Balaban J connectivity index is 1.37. The lowest BCUT2D eigenvalue weighted by Crippen LogP contribution is -2.29. The van der Waals surface area contributed by atoms with Crippen LogP contribution in [0.1, 0.15) is 31.4 Å². The molecule has 4 aromatic rings. The fraction of sp³-hybridized carbons (Fsp3) is 0.304. The summed E-state index contributed by atoms with van der Waals surface area (Å²) in [6, 6.07) is 13.8. The number of ether oxygens (including phenoxy) is 1. The zero-order chi connectivity index (χ0) is 21.0. The molecule has 3 heterocycles. The van der Waals surface area contributed by atoms with Crippen LogP contribution in [0.15, 0.2) is 61.1 Å². The molecule has 0 radical (unpaired) electrons. The van der Waals surface area contributed by atoms with Gasteiger partial charge in [0.15, 0.2) is 5.82 Å². The highest BCUT2D eigenvalue weighted by Crippen LogP contribution is 2.28. The summed E-state index contributed by atoms with van der Waals surface area (Å²) in [5, 5.41) is 18.6. The molecule has 1 aliphatic carbocycles. The molecule has 3 aromatic heterocycles. The molecule has 0 saturated heterocycles. The van der Waals surface area contributed by atoms with Crippen molar-refractivity contribution in [3.8, 4) is 11.6 Å². The van der Waals surface area contributed by atoms with E-state index >= 15 is 0 Å². The molecule has 0 aliphatic heterocycles. The fourth-order valence-electron chi connectivity index (χ4n) is 3.91. The van der Waals surface area contributed by atoms with E-state index in [4.69, 9.17) is 4.74 Å². The van der Waals surface area contributed by atoms with Gasteiger partial charge in [0.25, 0.3) is 0 Å². The van der Waals surface area contributed by atoms with Gasteiger partial charge in [-0.25, -0.2) is 9.67 Å². The molecule has 158 valence electrons. The summed E-state index contributed by atoms with van der Waals surface area (Å²) in [5.41, 5.74) is 1.78. The zero-order valence-electron chi connectivity index (χ0n) is 17.1. The summed E-state index contributed by atoms with van der Waals surface area (Å²) in [5.74, 6) is 2.01. The minimum atomic E-state index is -0.185. The molecule has 1 fully saturated rings. The number of aliphatic hydroxyl groups excluding tert-OH is 1. The predicted octanol–water partition coefficient (Wildman–Crippen LogP) is 3.50. The van der Waals surface area contributed by atoms with E-state index in [-0.39, 0.29) is 12.1 Å². The van der Waals surface area contributed by atoms with Crippen LogP contribution in [0.2, 0.25) is 0 Å². The van der Waals surface area contributed by atoms with Gasteiger partial charge in [-0.15, -0.1) is 0 Å². The standard InChI is InChI=1S/C23H24N6O2/c30-18-9-7-16(8-10-18)27-23-25-13-11-22(28-23)29-20-5-3-6-21(19(20)14-26-29)31-15-17-4-1-2-12-24-17/h1-6,11-14,16,18,30H,7-10,15H2,(H,25,27,28)/t16-,18-. The summed E-state index contributed by atoms with van der Waals surface area (Å²) in [6.07, 6.45) is 8.54. The Kier molecular flexibility index (Phi) is 5.45. The van der Waals surface area contributed by atoms with Gasteiger partial charge in [-0.05, 0) is 49.9 Å². The van der Waals surface area contributed by atoms with Crippen molar-refractivity contribution in [1.82, 2.24) is 24.7 Å². The van der Waals surface area contributed by atoms with E-state index in [1.54, 1.807) is 23.3 Å². The molecule has 31 heavy (non-hydrogen) atoms. The number of nitrogens with one attached hydrogen (secondary N) is 1. The number of benzene rings is 1. The number of nitrogens with zero attached hydrogens (tertiary/aromatic N) is 5. The van der Waals surface area contributed by atoms with Crippen LogP contribution < -0.4 is 10.1 Å². The lowest BCUT2D eigenvalue weighted by Gasteiger charge is -2.26. The van der Waals surface area contributed by atoms with Crippen LogP contribution in [-0.2, 0) is 6.61 Å². The lowest BCUT2D eigenvalue weighted by atomic mass is 9.93. The quantitative estimate of drug-likeness (QED) is 0.496. The van der Waals surface area contributed by atoms with Crippen molar-refractivity contribution in [2.24, 2.45) is 0 Å². The van der Waals surface area contributed by atoms with E-state index in [1.165, 1.54) is 0 Å². The number of anilines is 1. The van der Waals surface area contributed by atoms with Gasteiger partial charge < -0.3 is 15.2 Å². The minimum Gasteiger partial charge on any atom is -0.487 e. The summed E-state index contributed by atoms with van der Waals surface area (Å²) >= 11 is 0. The third kappa shape index (κ3) is 4.34. The number of hydrogen-bond donors (Lipinski definition) is 2. The van der Waals surface area contributed by atoms with Gasteiger partial charge in [-0.2, -0.15) is 10.1 Å². The summed E-state index contributed by atoms with van der Waals surface area (Å²) in [7, 11) is 0. The second-order valence-corrected chi connectivity index (χ2v) is 7.74. The van der Waals surface area contributed by atoms with Gasteiger partial charge in [0, 0.05) is 24.5 Å². The second kappa shape index (κ2) is 8.69. The van der Waals surface area contributed by atoms with Gasteiger partial charge in [0.1, 0.15) is 12.4 Å². The van der Waals surface area contributed by atoms with Crippen molar-refractivity contribution in [2.45, 2.75) is 44.4 Å². The predicted molar refractivity (Wildman–Crippen MR) is 117 cm³/mol. The first kappa shape index (κ1) is 19.4. The average molecular weight is 416 g/mol. The van der Waals surface area contributed by atoms with Crippen LogP contribution in [0.3, 0.4) is 0 Å². The van der Waals surface area contributed by atoms with E-state index < -0.39 is 0 Å². The van der Waals surface area contributed by atoms with Crippen molar-refractivity contribution in [3.05, 3.63) is 66.7 Å². The summed E-state index contributed by atoms with van der Waals surface area (Å²) in [6.45, 7) is 0.392. The van der Waals surface area contributed by atoms with Crippen LogP contribution in [0.4, 0.5) is 5.95 Å². The SMILES string of the molecule is O[C@H]1CC[C@H](Nc2nccc(-n3ncc4c(OCc5ccccn5)cccc43)n2)CC1. The third-order valence-corrected chi connectivity index (χ3v) is 5.56. The molecule has 0 bridgehead atoms. The number of hydrogen-bond acceptors (Lipinski definition) is 7. The van der Waals surface area contributed by atoms with Gasteiger partial charge in [0.2, 0.25) is 5.95 Å². The first-order valence-corrected chi connectivity index (χ1v) is 10.5. The summed E-state index contributed by atoms with van der Waals surface area (Å²) in [4.78, 5) is 13.3. The second-order valence-electron chi connectivity index (χ2n) is 7.74. The molecule has 8 nitrogen and oxygen atoms in total. The van der Waals surface area contributed by atoms with Crippen LogP contribution in [0.25, 0.3) is 16.7 Å². The molecule has 1 saturated carbocycles.